The third-order valence-electron chi connectivity index (χ3n) is 9.15. The molecule has 8 heteroatoms. The van der Waals surface area contributed by atoms with Crippen molar-refractivity contribution in [2.24, 2.45) is 17.8 Å². The number of ether oxygens (including phenoxy) is 2. The van der Waals surface area contributed by atoms with Gasteiger partial charge in [-0.3, -0.25) is 4.79 Å². The lowest BCUT2D eigenvalue weighted by Gasteiger charge is -2.48. The summed E-state index contributed by atoms with van der Waals surface area (Å²) in [7, 11) is 0. The van der Waals surface area contributed by atoms with Crippen molar-refractivity contribution in [3.05, 3.63) is 0 Å². The van der Waals surface area contributed by atoms with Gasteiger partial charge in [-0.2, -0.15) is 0 Å². The van der Waals surface area contributed by atoms with Gasteiger partial charge in [-0.05, 0) is 56.9 Å². The van der Waals surface area contributed by atoms with Gasteiger partial charge in [0.05, 0.1) is 37.4 Å². The van der Waals surface area contributed by atoms with Crippen molar-refractivity contribution >= 4 is 5.91 Å². The van der Waals surface area contributed by atoms with Crippen molar-refractivity contribution in [3.63, 3.8) is 0 Å². The number of aliphatic hydroxyl groups is 2. The Labute approximate surface area is 204 Å². The zero-order valence-electron chi connectivity index (χ0n) is 20.6. The van der Waals surface area contributed by atoms with Gasteiger partial charge < -0.3 is 35.2 Å². The van der Waals surface area contributed by atoms with Crippen molar-refractivity contribution in [1.29, 1.82) is 0 Å². The molecule has 0 aromatic rings. The highest BCUT2D eigenvalue weighted by atomic mass is 16.5. The van der Waals surface area contributed by atoms with Crippen LogP contribution < -0.4 is 10.6 Å². The number of carbonyl (C=O) groups excluding carboxylic acids is 1. The van der Waals surface area contributed by atoms with Gasteiger partial charge >= 0.3 is 0 Å². The maximum absolute atomic E-state index is 13.8. The monoisotopic (exact) mass is 479 g/mol. The van der Waals surface area contributed by atoms with E-state index in [1.807, 2.05) is 4.90 Å². The lowest BCUT2D eigenvalue weighted by Crippen LogP contribution is -2.58. The van der Waals surface area contributed by atoms with Crippen LogP contribution in [0.1, 0.15) is 64.2 Å². The lowest BCUT2D eigenvalue weighted by molar-refractivity contribution is -0.161. The van der Waals surface area contributed by atoms with Crippen LogP contribution in [0, 0.1) is 17.8 Å². The number of amides is 1. The Morgan fingerprint density at radius 2 is 2.00 bits per heavy atom. The number of fused-ring (bicyclic) bond motifs is 1. The summed E-state index contributed by atoms with van der Waals surface area (Å²) in [5.74, 6) is 0.569. The van der Waals surface area contributed by atoms with E-state index in [2.05, 4.69) is 10.6 Å². The van der Waals surface area contributed by atoms with Crippen LogP contribution in [-0.4, -0.2) is 96.9 Å². The first kappa shape index (κ1) is 24.9. The smallest absolute Gasteiger partial charge is 0.230 e. The molecular weight excluding hydrogens is 434 g/mol. The van der Waals surface area contributed by atoms with Crippen LogP contribution in [0.5, 0.6) is 0 Å². The van der Waals surface area contributed by atoms with Gasteiger partial charge in [-0.25, -0.2) is 0 Å². The van der Waals surface area contributed by atoms with Crippen LogP contribution in [0.4, 0.5) is 0 Å². The second kappa shape index (κ2) is 11.5. The van der Waals surface area contributed by atoms with E-state index < -0.39 is 24.2 Å². The summed E-state index contributed by atoms with van der Waals surface area (Å²) in [5, 5.41) is 28.6. The number of piperidine rings is 2. The minimum absolute atomic E-state index is 0.0213. The molecule has 34 heavy (non-hydrogen) atoms. The van der Waals surface area contributed by atoms with Gasteiger partial charge in [0, 0.05) is 50.7 Å². The topological polar surface area (TPSA) is 103 Å². The Bertz CT molecular complexity index is 669. The maximum Gasteiger partial charge on any atom is 0.230 e. The van der Waals surface area contributed by atoms with E-state index in [0.717, 1.165) is 58.5 Å². The third-order valence-corrected chi connectivity index (χ3v) is 9.15. The number of aliphatic hydroxyl groups excluding tert-OH is 2. The van der Waals surface area contributed by atoms with Gasteiger partial charge in [0.15, 0.2) is 0 Å². The van der Waals surface area contributed by atoms with Crippen molar-refractivity contribution in [1.82, 2.24) is 15.5 Å². The minimum Gasteiger partial charge on any atom is -0.393 e. The van der Waals surface area contributed by atoms with Gasteiger partial charge in [-0.1, -0.05) is 12.8 Å². The van der Waals surface area contributed by atoms with Crippen LogP contribution in [0.2, 0.25) is 0 Å². The van der Waals surface area contributed by atoms with Crippen molar-refractivity contribution < 1.29 is 24.5 Å². The van der Waals surface area contributed by atoms with Crippen LogP contribution >= 0.6 is 0 Å². The zero-order valence-corrected chi connectivity index (χ0v) is 20.6. The van der Waals surface area contributed by atoms with Crippen molar-refractivity contribution in [3.8, 4) is 0 Å². The van der Waals surface area contributed by atoms with Gasteiger partial charge in [0.2, 0.25) is 5.91 Å². The third kappa shape index (κ3) is 5.79. The molecule has 0 aromatic heterocycles. The predicted octanol–water partition coefficient (Wildman–Crippen LogP) is 1.04. The number of likely N-dealkylation sites (tertiary alicyclic amines) is 1. The molecule has 9 atom stereocenters. The van der Waals surface area contributed by atoms with E-state index in [1.54, 1.807) is 0 Å². The summed E-state index contributed by atoms with van der Waals surface area (Å²) >= 11 is 0. The number of nitrogens with zero attached hydrogens (tertiary/aromatic N) is 1. The molecule has 2 aliphatic carbocycles. The molecule has 5 aliphatic rings. The second-order valence-electron chi connectivity index (χ2n) is 11.5. The molecule has 0 spiro atoms. The molecule has 0 aromatic carbocycles. The van der Waals surface area contributed by atoms with Gasteiger partial charge in [-0.15, -0.1) is 0 Å². The molecule has 3 saturated heterocycles. The van der Waals surface area contributed by atoms with Crippen LogP contribution in [-0.2, 0) is 14.3 Å². The molecule has 8 nitrogen and oxygen atoms in total. The summed E-state index contributed by atoms with van der Waals surface area (Å²) in [6, 6.07) is 1.16. The molecule has 3 heterocycles. The Hall–Kier alpha value is -0.770. The van der Waals surface area contributed by atoms with E-state index in [0.29, 0.717) is 43.0 Å². The molecule has 5 rings (SSSR count). The molecular formula is C26H45N3O5. The average molecular weight is 480 g/mol. The fourth-order valence-electron chi connectivity index (χ4n) is 7.23. The number of carbonyl (C=O) groups is 1. The molecule has 0 radical (unpaired) electrons. The van der Waals surface area contributed by atoms with Crippen LogP contribution in [0.25, 0.3) is 0 Å². The number of hydrogen-bond donors (Lipinski definition) is 4. The van der Waals surface area contributed by atoms with E-state index in [4.69, 9.17) is 9.47 Å². The number of rotatable bonds is 6. The zero-order chi connectivity index (χ0) is 23.5. The van der Waals surface area contributed by atoms with E-state index in [1.165, 1.54) is 25.7 Å². The Kier molecular flexibility index (Phi) is 8.44. The summed E-state index contributed by atoms with van der Waals surface area (Å²) in [5.41, 5.74) is 0. The van der Waals surface area contributed by atoms with Crippen molar-refractivity contribution in [2.45, 2.75) is 101 Å². The fraction of sp³-hybridized carbons (Fsp3) is 0.962. The first-order chi connectivity index (χ1) is 16.6. The maximum atomic E-state index is 13.8. The fourth-order valence-corrected chi connectivity index (χ4v) is 7.23. The molecule has 1 amide bonds. The summed E-state index contributed by atoms with van der Waals surface area (Å²) in [6.45, 7) is 4.70. The molecule has 4 N–H and O–H groups in total. The summed E-state index contributed by atoms with van der Waals surface area (Å²) < 4.78 is 11.8. The molecule has 3 aliphatic heterocycles. The quantitative estimate of drug-likeness (QED) is 0.451. The SMILES string of the molecule is O=C(C1C(O)CC(O)CC1OCC1CCCCN1)N1CCC2CCCC(N[C@@H]3CCOC3)C2C1. The Morgan fingerprint density at radius 1 is 1.09 bits per heavy atom. The first-order valence-electron chi connectivity index (χ1n) is 13.9. The number of nitrogens with one attached hydrogen (secondary N) is 2. The molecule has 0 bridgehead atoms. The number of hydrogen-bond acceptors (Lipinski definition) is 7. The Morgan fingerprint density at radius 3 is 2.79 bits per heavy atom. The first-order valence-corrected chi connectivity index (χ1v) is 13.9. The minimum atomic E-state index is -0.853. The molecule has 8 unspecified atom stereocenters. The van der Waals surface area contributed by atoms with Crippen LogP contribution in [0.3, 0.4) is 0 Å². The second-order valence-corrected chi connectivity index (χ2v) is 11.5. The normalized spacial score (nSPS) is 43.5. The molecule has 194 valence electrons. The van der Waals surface area contributed by atoms with E-state index in [9.17, 15) is 15.0 Å². The van der Waals surface area contributed by atoms with Crippen LogP contribution in [0.15, 0.2) is 0 Å². The van der Waals surface area contributed by atoms with Crippen molar-refractivity contribution in [2.75, 3.05) is 39.5 Å². The predicted molar refractivity (Wildman–Crippen MR) is 128 cm³/mol. The average Bonchev–Trinajstić information content (AvgIpc) is 3.36. The summed E-state index contributed by atoms with van der Waals surface area (Å²) in [4.78, 5) is 15.8. The molecule has 2 saturated carbocycles. The standard InChI is InChI=1S/C26H45N3O5/c30-20-12-23(31)25(24(13-20)34-16-18-5-1-2-9-27-18)26(32)29-10-7-17-4-3-6-22(21(17)14-29)28-19-8-11-33-15-19/h17-25,27-28,30-31H,1-16H2/t17?,18?,19-,20?,21?,22?,23?,24?,25?/m1/s1. The largest absolute Gasteiger partial charge is 0.393 e. The lowest BCUT2D eigenvalue weighted by atomic mass is 9.71. The van der Waals surface area contributed by atoms with E-state index >= 15 is 0 Å². The highest BCUT2D eigenvalue weighted by Gasteiger charge is 2.46. The highest BCUT2D eigenvalue weighted by molar-refractivity contribution is 5.80. The van der Waals surface area contributed by atoms with E-state index in [-0.39, 0.29) is 12.3 Å². The Balaban J connectivity index is 1.23. The van der Waals surface area contributed by atoms with Gasteiger partial charge in [0.25, 0.3) is 0 Å². The molecule has 5 fully saturated rings. The van der Waals surface area contributed by atoms with Gasteiger partial charge in [0.1, 0.15) is 0 Å². The summed E-state index contributed by atoms with van der Waals surface area (Å²) in [6.07, 6.45) is 8.03. The highest BCUT2D eigenvalue weighted by Crippen LogP contribution is 2.38.